The molecule has 1 amide bonds. The Morgan fingerprint density at radius 3 is 2.52 bits per heavy atom. The van der Waals surface area contributed by atoms with Gasteiger partial charge in [0.1, 0.15) is 5.69 Å². The molecule has 0 aliphatic carbocycles. The molecule has 0 saturated heterocycles. The van der Waals surface area contributed by atoms with Gasteiger partial charge in [-0.2, -0.15) is 0 Å². The van der Waals surface area contributed by atoms with Crippen LogP contribution in [0.5, 0.6) is 0 Å². The Morgan fingerprint density at radius 1 is 1.14 bits per heavy atom. The first-order valence-electron chi connectivity index (χ1n) is 6.53. The number of hydrogen-bond donors (Lipinski definition) is 1. The van der Waals surface area contributed by atoms with Crippen molar-refractivity contribution in [3.8, 4) is 0 Å². The van der Waals surface area contributed by atoms with Gasteiger partial charge in [-0.25, -0.2) is 4.98 Å². The summed E-state index contributed by atoms with van der Waals surface area (Å²) in [5.74, 6) is -1.17. The molecule has 2 rings (SSSR count). The standard InChI is InChI=1S/C15H15N3O3/c19-14(20)7-4-10-18(12-5-2-1-3-6-12)15(21)13-11-16-8-9-17-13/h1-3,5-6,8-9,11H,4,7,10H2,(H,19,20). The predicted molar refractivity (Wildman–Crippen MR) is 77.0 cm³/mol. The van der Waals surface area contributed by atoms with Crippen LogP contribution in [0.2, 0.25) is 0 Å². The number of hydrogen-bond acceptors (Lipinski definition) is 4. The Kier molecular flexibility index (Phi) is 4.98. The second-order valence-electron chi connectivity index (χ2n) is 4.38. The molecule has 6 nitrogen and oxygen atoms in total. The third-order valence-corrected chi connectivity index (χ3v) is 2.87. The van der Waals surface area contributed by atoms with Crippen molar-refractivity contribution < 1.29 is 14.7 Å². The molecule has 0 bridgehead atoms. The number of para-hydroxylation sites is 1. The first kappa shape index (κ1) is 14.6. The van der Waals surface area contributed by atoms with Gasteiger partial charge in [-0.1, -0.05) is 18.2 Å². The van der Waals surface area contributed by atoms with E-state index in [0.29, 0.717) is 18.7 Å². The lowest BCUT2D eigenvalue weighted by Crippen LogP contribution is -2.32. The SMILES string of the molecule is O=C(O)CCCN(C(=O)c1cnccn1)c1ccccc1. The summed E-state index contributed by atoms with van der Waals surface area (Å²) >= 11 is 0. The molecule has 108 valence electrons. The molecule has 2 aromatic rings. The van der Waals surface area contributed by atoms with Crippen molar-refractivity contribution >= 4 is 17.6 Å². The Bertz CT molecular complexity index is 602. The van der Waals surface area contributed by atoms with Gasteiger partial charge >= 0.3 is 5.97 Å². The van der Waals surface area contributed by atoms with Gasteiger partial charge in [-0.3, -0.25) is 14.6 Å². The monoisotopic (exact) mass is 285 g/mol. The summed E-state index contributed by atoms with van der Waals surface area (Å²) in [6.07, 6.45) is 4.73. The number of carbonyl (C=O) groups excluding carboxylic acids is 1. The molecule has 0 radical (unpaired) electrons. The number of benzene rings is 1. The molecule has 0 aliphatic heterocycles. The van der Waals surface area contributed by atoms with Gasteiger partial charge in [0.05, 0.1) is 6.20 Å². The maximum Gasteiger partial charge on any atom is 0.303 e. The zero-order valence-corrected chi connectivity index (χ0v) is 11.3. The minimum atomic E-state index is -0.880. The van der Waals surface area contributed by atoms with Gasteiger partial charge in [0.25, 0.3) is 5.91 Å². The Labute approximate surface area is 122 Å². The smallest absolute Gasteiger partial charge is 0.303 e. The number of amides is 1. The second-order valence-corrected chi connectivity index (χ2v) is 4.38. The van der Waals surface area contributed by atoms with E-state index >= 15 is 0 Å². The number of carbonyl (C=O) groups is 2. The molecule has 21 heavy (non-hydrogen) atoms. The summed E-state index contributed by atoms with van der Waals surface area (Å²) in [7, 11) is 0. The second kappa shape index (κ2) is 7.14. The van der Waals surface area contributed by atoms with Crippen molar-refractivity contribution in [3.05, 3.63) is 54.6 Å². The molecule has 0 unspecified atom stereocenters. The summed E-state index contributed by atoms with van der Waals surface area (Å²) in [5.41, 5.74) is 0.940. The molecule has 1 N–H and O–H groups in total. The van der Waals surface area contributed by atoms with Crippen LogP contribution in [-0.4, -0.2) is 33.5 Å². The fraction of sp³-hybridized carbons (Fsp3) is 0.200. The fourth-order valence-electron chi connectivity index (χ4n) is 1.89. The number of carboxylic acid groups (broad SMARTS) is 1. The number of nitrogens with zero attached hydrogens (tertiary/aromatic N) is 3. The van der Waals surface area contributed by atoms with E-state index in [1.165, 1.54) is 23.5 Å². The summed E-state index contributed by atoms with van der Waals surface area (Å²) in [6.45, 7) is 0.311. The zero-order chi connectivity index (χ0) is 15.1. The third-order valence-electron chi connectivity index (χ3n) is 2.87. The van der Waals surface area contributed by atoms with Crippen LogP contribution < -0.4 is 4.90 Å². The minimum Gasteiger partial charge on any atom is -0.481 e. The average molecular weight is 285 g/mol. The van der Waals surface area contributed by atoms with Crippen molar-refractivity contribution in [2.75, 3.05) is 11.4 Å². The topological polar surface area (TPSA) is 83.4 Å². The lowest BCUT2D eigenvalue weighted by molar-refractivity contribution is -0.137. The average Bonchev–Trinajstić information content (AvgIpc) is 2.52. The van der Waals surface area contributed by atoms with Crippen LogP contribution in [0.4, 0.5) is 5.69 Å². The number of aliphatic carboxylic acids is 1. The first-order valence-corrected chi connectivity index (χ1v) is 6.53. The minimum absolute atomic E-state index is 0.0110. The molecule has 6 heteroatoms. The van der Waals surface area contributed by atoms with Crippen LogP contribution in [0.1, 0.15) is 23.3 Å². The molecule has 0 fully saturated rings. The van der Waals surface area contributed by atoms with Crippen LogP contribution >= 0.6 is 0 Å². The van der Waals surface area contributed by atoms with E-state index in [2.05, 4.69) is 9.97 Å². The largest absolute Gasteiger partial charge is 0.481 e. The zero-order valence-electron chi connectivity index (χ0n) is 11.3. The van der Waals surface area contributed by atoms with Gasteiger partial charge in [0.15, 0.2) is 0 Å². The number of aromatic nitrogens is 2. The van der Waals surface area contributed by atoms with Crippen molar-refractivity contribution in [1.82, 2.24) is 9.97 Å². The molecule has 0 atom stereocenters. The van der Waals surface area contributed by atoms with Gasteiger partial charge in [0.2, 0.25) is 0 Å². The van der Waals surface area contributed by atoms with Crippen molar-refractivity contribution in [3.63, 3.8) is 0 Å². The molecule has 0 saturated carbocycles. The van der Waals surface area contributed by atoms with Gasteiger partial charge < -0.3 is 10.0 Å². The van der Waals surface area contributed by atoms with Crippen molar-refractivity contribution in [2.24, 2.45) is 0 Å². The summed E-state index contributed by atoms with van der Waals surface area (Å²) in [6, 6.07) is 9.10. The van der Waals surface area contributed by atoms with E-state index in [1.807, 2.05) is 18.2 Å². The van der Waals surface area contributed by atoms with E-state index in [4.69, 9.17) is 5.11 Å². The van der Waals surface area contributed by atoms with Gasteiger partial charge in [-0.05, 0) is 18.6 Å². The molecule has 0 aliphatic rings. The van der Waals surface area contributed by atoms with Crippen LogP contribution in [-0.2, 0) is 4.79 Å². The lowest BCUT2D eigenvalue weighted by Gasteiger charge is -2.22. The molecule has 1 heterocycles. The van der Waals surface area contributed by atoms with Crippen LogP contribution in [0.25, 0.3) is 0 Å². The molecule has 0 spiro atoms. The van der Waals surface area contributed by atoms with Crippen LogP contribution in [0.15, 0.2) is 48.9 Å². The number of rotatable bonds is 6. The molecule has 1 aromatic heterocycles. The molecular formula is C15H15N3O3. The molecular weight excluding hydrogens is 270 g/mol. The maximum absolute atomic E-state index is 12.5. The fourth-order valence-corrected chi connectivity index (χ4v) is 1.89. The van der Waals surface area contributed by atoms with Crippen LogP contribution in [0.3, 0.4) is 0 Å². The normalized spacial score (nSPS) is 10.1. The highest BCUT2D eigenvalue weighted by atomic mass is 16.4. The Balaban J connectivity index is 2.19. The quantitative estimate of drug-likeness (QED) is 0.877. The summed E-state index contributed by atoms with van der Waals surface area (Å²) < 4.78 is 0. The molecule has 1 aromatic carbocycles. The van der Waals surface area contributed by atoms with E-state index in [-0.39, 0.29) is 18.0 Å². The maximum atomic E-state index is 12.5. The van der Waals surface area contributed by atoms with E-state index in [9.17, 15) is 9.59 Å². The predicted octanol–water partition coefficient (Wildman–Crippen LogP) is 1.99. The van der Waals surface area contributed by atoms with Gasteiger partial charge in [-0.15, -0.1) is 0 Å². The lowest BCUT2D eigenvalue weighted by atomic mass is 10.2. The first-order chi connectivity index (χ1) is 10.2. The van der Waals surface area contributed by atoms with E-state index in [0.717, 1.165) is 0 Å². The van der Waals surface area contributed by atoms with Crippen molar-refractivity contribution in [2.45, 2.75) is 12.8 Å². The van der Waals surface area contributed by atoms with E-state index in [1.54, 1.807) is 12.1 Å². The van der Waals surface area contributed by atoms with Crippen LogP contribution in [0, 0.1) is 0 Å². The van der Waals surface area contributed by atoms with E-state index < -0.39 is 5.97 Å². The number of carboxylic acids is 1. The highest BCUT2D eigenvalue weighted by Gasteiger charge is 2.18. The summed E-state index contributed by atoms with van der Waals surface area (Å²) in [4.78, 5) is 32.5. The Morgan fingerprint density at radius 2 is 1.90 bits per heavy atom. The highest BCUT2D eigenvalue weighted by molar-refractivity contribution is 6.04. The number of anilines is 1. The van der Waals surface area contributed by atoms with Crippen molar-refractivity contribution in [1.29, 1.82) is 0 Å². The highest BCUT2D eigenvalue weighted by Crippen LogP contribution is 2.16. The van der Waals surface area contributed by atoms with Gasteiger partial charge in [0, 0.05) is 31.0 Å². The summed E-state index contributed by atoms with van der Waals surface area (Å²) in [5, 5.41) is 8.73. The Hall–Kier alpha value is -2.76. The third kappa shape index (κ3) is 4.10.